The molecule has 32 heavy (non-hydrogen) atoms. The maximum absolute atomic E-state index is 10.1. The average molecular weight is 504 g/mol. The van der Waals surface area contributed by atoms with Gasteiger partial charge in [0.1, 0.15) is 30.2 Å². The normalized spacial score (nSPS) is 25.5. The Hall–Kier alpha value is -2.60. The number of nitrogens with zero attached hydrogens (tertiary/aromatic N) is 2. The van der Waals surface area contributed by atoms with E-state index in [1.165, 1.54) is 0 Å². The molecule has 0 amide bonds. The fourth-order valence-electron chi connectivity index (χ4n) is 3.39. The van der Waals surface area contributed by atoms with E-state index < -0.39 is 37.3 Å². The number of halogens is 1. The maximum atomic E-state index is 10.1. The number of aromatic nitrogens is 2. The second-order valence-corrected chi connectivity index (χ2v) is 8.26. The van der Waals surface area contributed by atoms with E-state index in [9.17, 15) is 20.4 Å². The molecule has 5 atom stereocenters. The Morgan fingerprint density at radius 3 is 2.00 bits per heavy atom. The van der Waals surface area contributed by atoms with E-state index in [0.717, 1.165) is 15.6 Å². The molecule has 1 aromatic heterocycles. The molecule has 1 saturated heterocycles. The summed E-state index contributed by atoms with van der Waals surface area (Å²) >= 11 is 3.41. The molecule has 4 rings (SSSR count). The first-order chi connectivity index (χ1) is 15.4. The fourth-order valence-corrected chi connectivity index (χ4v) is 3.65. The lowest BCUT2D eigenvalue weighted by molar-refractivity contribution is -0.277. The number of benzene rings is 2. The Kier molecular flexibility index (Phi) is 6.70. The Labute approximate surface area is 192 Å². The zero-order chi connectivity index (χ0) is 22.8. The number of nitrogens with two attached hydrogens (primary N) is 1. The van der Waals surface area contributed by atoms with E-state index in [1.807, 2.05) is 30.3 Å². The predicted molar refractivity (Wildman–Crippen MR) is 119 cm³/mol. The Morgan fingerprint density at radius 2 is 1.44 bits per heavy atom. The number of aliphatic hydroxyl groups excluding tert-OH is 4. The summed E-state index contributed by atoms with van der Waals surface area (Å²) in [4.78, 5) is 8.62. The summed E-state index contributed by atoms with van der Waals surface area (Å²) in [6, 6.07) is 16.3. The van der Waals surface area contributed by atoms with Crippen LogP contribution in [0, 0.1) is 0 Å². The Bertz CT molecular complexity index is 1060. The van der Waals surface area contributed by atoms with Crippen molar-refractivity contribution in [3.8, 4) is 28.3 Å². The molecule has 1 aliphatic rings. The molecule has 0 bridgehead atoms. The van der Waals surface area contributed by atoms with Crippen molar-refractivity contribution in [3.63, 3.8) is 0 Å². The highest BCUT2D eigenvalue weighted by atomic mass is 79.9. The van der Waals surface area contributed by atoms with Gasteiger partial charge < -0.3 is 35.6 Å². The van der Waals surface area contributed by atoms with Crippen molar-refractivity contribution < 1.29 is 29.9 Å². The molecule has 3 aromatic rings. The smallest absolute Gasteiger partial charge is 0.229 e. The van der Waals surface area contributed by atoms with Crippen LogP contribution in [0.4, 0.5) is 5.95 Å². The van der Waals surface area contributed by atoms with Gasteiger partial charge in [-0.25, -0.2) is 9.97 Å². The Morgan fingerprint density at radius 1 is 0.875 bits per heavy atom. The molecule has 1 aliphatic heterocycles. The van der Waals surface area contributed by atoms with Crippen LogP contribution in [0.15, 0.2) is 59.1 Å². The molecular formula is C22H22BrN3O6. The third-order valence-electron chi connectivity index (χ3n) is 5.13. The predicted octanol–water partition coefficient (Wildman–Crippen LogP) is 1.33. The zero-order valence-corrected chi connectivity index (χ0v) is 18.3. The van der Waals surface area contributed by atoms with Crippen LogP contribution < -0.4 is 10.5 Å². The molecule has 1 fully saturated rings. The topological polar surface area (TPSA) is 151 Å². The lowest BCUT2D eigenvalue weighted by atomic mass is 9.99. The van der Waals surface area contributed by atoms with Crippen molar-refractivity contribution in [1.82, 2.24) is 9.97 Å². The summed E-state index contributed by atoms with van der Waals surface area (Å²) in [7, 11) is 0. The first-order valence-corrected chi connectivity index (χ1v) is 10.6. The second-order valence-electron chi connectivity index (χ2n) is 7.34. The number of anilines is 1. The van der Waals surface area contributed by atoms with Crippen LogP contribution in [-0.2, 0) is 4.74 Å². The largest absolute Gasteiger partial charge is 0.462 e. The van der Waals surface area contributed by atoms with Crippen molar-refractivity contribution in [1.29, 1.82) is 0 Å². The quantitative estimate of drug-likeness (QED) is 0.347. The number of aliphatic hydroxyl groups is 4. The van der Waals surface area contributed by atoms with E-state index in [4.69, 9.17) is 15.2 Å². The van der Waals surface area contributed by atoms with Crippen molar-refractivity contribution in [3.05, 3.63) is 59.1 Å². The van der Waals surface area contributed by atoms with Gasteiger partial charge in [-0.05, 0) is 42.5 Å². The van der Waals surface area contributed by atoms with Gasteiger partial charge in [-0.1, -0.05) is 28.1 Å². The second kappa shape index (κ2) is 9.49. The third kappa shape index (κ3) is 4.75. The van der Waals surface area contributed by atoms with Crippen molar-refractivity contribution in [2.45, 2.75) is 30.7 Å². The summed E-state index contributed by atoms with van der Waals surface area (Å²) in [5.74, 6) is 0.496. The molecule has 2 aromatic carbocycles. The van der Waals surface area contributed by atoms with Gasteiger partial charge in [0.2, 0.25) is 12.2 Å². The van der Waals surface area contributed by atoms with Gasteiger partial charge in [0.05, 0.1) is 18.0 Å². The minimum absolute atomic E-state index is 0.141. The Balaban J connectivity index is 1.53. The standard InChI is InChI=1S/C22H22BrN3O6/c23-13-5-1-11(2-6-13)15-9-16(26-22(24)25-15)12-3-7-14(8-4-12)31-21-20(30)19(29)18(28)17(10-27)32-21/h1-9,17-21,27-30H,10H2,(H2,24,25,26)/t17-,18-,19-,20-,21-/m1/s1. The monoisotopic (exact) mass is 503 g/mol. The van der Waals surface area contributed by atoms with Gasteiger partial charge in [0, 0.05) is 15.6 Å². The molecule has 0 saturated carbocycles. The van der Waals surface area contributed by atoms with Crippen LogP contribution in [0.5, 0.6) is 5.75 Å². The van der Waals surface area contributed by atoms with Gasteiger partial charge >= 0.3 is 0 Å². The van der Waals surface area contributed by atoms with E-state index in [1.54, 1.807) is 24.3 Å². The maximum Gasteiger partial charge on any atom is 0.229 e. The third-order valence-corrected chi connectivity index (χ3v) is 5.66. The lowest BCUT2D eigenvalue weighted by Gasteiger charge is -2.39. The number of hydrogen-bond acceptors (Lipinski definition) is 9. The molecular weight excluding hydrogens is 482 g/mol. The van der Waals surface area contributed by atoms with E-state index in [-0.39, 0.29) is 5.95 Å². The minimum Gasteiger partial charge on any atom is -0.462 e. The number of nitrogen functional groups attached to an aromatic ring is 1. The van der Waals surface area contributed by atoms with Crippen LogP contribution >= 0.6 is 15.9 Å². The van der Waals surface area contributed by atoms with Crippen LogP contribution in [-0.4, -0.2) is 67.7 Å². The lowest BCUT2D eigenvalue weighted by Crippen LogP contribution is -2.60. The highest BCUT2D eigenvalue weighted by molar-refractivity contribution is 9.10. The van der Waals surface area contributed by atoms with Crippen molar-refractivity contribution >= 4 is 21.9 Å². The molecule has 9 nitrogen and oxygen atoms in total. The van der Waals surface area contributed by atoms with E-state index >= 15 is 0 Å². The minimum atomic E-state index is -1.51. The van der Waals surface area contributed by atoms with Gasteiger partial charge in [-0.2, -0.15) is 0 Å². The van der Waals surface area contributed by atoms with Gasteiger partial charge in [0.25, 0.3) is 0 Å². The zero-order valence-electron chi connectivity index (χ0n) is 16.7. The van der Waals surface area contributed by atoms with Gasteiger partial charge in [0.15, 0.2) is 0 Å². The molecule has 0 unspecified atom stereocenters. The molecule has 6 N–H and O–H groups in total. The highest BCUT2D eigenvalue weighted by Gasteiger charge is 2.44. The SMILES string of the molecule is Nc1nc(-c2ccc(Br)cc2)cc(-c2ccc(O[C@@H]3O[C@H](CO)[C@@H](O)[C@@H](O)[C@H]3O)cc2)n1. The molecule has 168 valence electrons. The van der Waals surface area contributed by atoms with Crippen molar-refractivity contribution in [2.75, 3.05) is 12.3 Å². The van der Waals surface area contributed by atoms with Crippen LogP contribution in [0.3, 0.4) is 0 Å². The summed E-state index contributed by atoms with van der Waals surface area (Å²) in [5, 5.41) is 39.2. The molecule has 0 aliphatic carbocycles. The molecule has 0 radical (unpaired) electrons. The summed E-state index contributed by atoms with van der Waals surface area (Å²) in [5.41, 5.74) is 8.88. The summed E-state index contributed by atoms with van der Waals surface area (Å²) in [6.07, 6.45) is -6.73. The van der Waals surface area contributed by atoms with Crippen LogP contribution in [0.25, 0.3) is 22.5 Å². The van der Waals surface area contributed by atoms with Gasteiger partial charge in [-0.3, -0.25) is 0 Å². The number of rotatable bonds is 5. The van der Waals surface area contributed by atoms with Crippen molar-refractivity contribution in [2.24, 2.45) is 0 Å². The van der Waals surface area contributed by atoms with Crippen LogP contribution in [0.2, 0.25) is 0 Å². The highest BCUT2D eigenvalue weighted by Crippen LogP contribution is 2.29. The molecule has 10 heteroatoms. The number of hydrogen-bond donors (Lipinski definition) is 5. The van der Waals surface area contributed by atoms with Crippen LogP contribution in [0.1, 0.15) is 0 Å². The molecule has 2 heterocycles. The average Bonchev–Trinajstić information content (AvgIpc) is 2.80. The van der Waals surface area contributed by atoms with E-state index in [2.05, 4.69) is 25.9 Å². The summed E-state index contributed by atoms with van der Waals surface area (Å²) < 4.78 is 11.9. The first-order valence-electron chi connectivity index (χ1n) is 9.84. The first kappa shape index (κ1) is 22.6. The molecule has 0 spiro atoms. The summed E-state index contributed by atoms with van der Waals surface area (Å²) in [6.45, 7) is -0.528. The number of ether oxygens (including phenoxy) is 2. The van der Waals surface area contributed by atoms with E-state index in [0.29, 0.717) is 17.1 Å². The van der Waals surface area contributed by atoms with Gasteiger partial charge in [-0.15, -0.1) is 0 Å². The fraction of sp³-hybridized carbons (Fsp3) is 0.273.